The Morgan fingerprint density at radius 1 is 1.53 bits per heavy atom. The number of amides is 1. The standard InChI is InChI=1S/C13H13IN2O3/c1-2-9-6-15-12(19-9)7-16-13(18)10-5-8(14)3-4-11(10)17/h3-6,17H,2,7H2,1H3,(H,16,18). The molecule has 0 saturated carbocycles. The van der Waals surface area contributed by atoms with Crippen LogP contribution in [0, 0.1) is 3.57 Å². The van der Waals surface area contributed by atoms with Crippen LogP contribution in [0.3, 0.4) is 0 Å². The van der Waals surface area contributed by atoms with Crippen LogP contribution in [0.5, 0.6) is 5.75 Å². The van der Waals surface area contributed by atoms with E-state index in [9.17, 15) is 9.90 Å². The van der Waals surface area contributed by atoms with Gasteiger partial charge in [-0.15, -0.1) is 0 Å². The van der Waals surface area contributed by atoms with Crippen molar-refractivity contribution < 1.29 is 14.3 Å². The number of aromatic nitrogens is 1. The Bertz CT molecular complexity index is 595. The average Bonchev–Trinajstić information content (AvgIpc) is 2.87. The number of nitrogens with one attached hydrogen (secondary N) is 1. The van der Waals surface area contributed by atoms with Crippen molar-refractivity contribution in [3.8, 4) is 5.75 Å². The topological polar surface area (TPSA) is 75.4 Å². The van der Waals surface area contributed by atoms with Crippen LogP contribution < -0.4 is 5.32 Å². The van der Waals surface area contributed by atoms with Gasteiger partial charge in [-0.25, -0.2) is 4.98 Å². The number of aromatic hydroxyl groups is 1. The van der Waals surface area contributed by atoms with Gasteiger partial charge >= 0.3 is 0 Å². The second-order valence-corrected chi connectivity index (χ2v) is 5.16. The number of phenols is 1. The summed E-state index contributed by atoms with van der Waals surface area (Å²) in [4.78, 5) is 16.0. The molecule has 2 N–H and O–H groups in total. The molecule has 0 aliphatic rings. The first kappa shape index (κ1) is 13.9. The SMILES string of the molecule is CCc1cnc(CNC(=O)c2cc(I)ccc2O)o1. The van der Waals surface area contributed by atoms with Crippen molar-refractivity contribution in [2.24, 2.45) is 0 Å². The first-order valence-electron chi connectivity index (χ1n) is 5.80. The smallest absolute Gasteiger partial charge is 0.255 e. The van der Waals surface area contributed by atoms with Crippen molar-refractivity contribution in [2.45, 2.75) is 19.9 Å². The van der Waals surface area contributed by atoms with Crippen LogP contribution in [0.25, 0.3) is 0 Å². The molecule has 0 fully saturated rings. The van der Waals surface area contributed by atoms with Crippen molar-refractivity contribution in [3.63, 3.8) is 0 Å². The fourth-order valence-electron chi connectivity index (χ4n) is 1.53. The second-order valence-electron chi connectivity index (χ2n) is 3.92. The zero-order valence-corrected chi connectivity index (χ0v) is 12.5. The number of aryl methyl sites for hydroxylation is 1. The summed E-state index contributed by atoms with van der Waals surface area (Å²) in [6.45, 7) is 2.16. The van der Waals surface area contributed by atoms with E-state index in [-0.39, 0.29) is 23.8 Å². The molecule has 2 rings (SSSR count). The Labute approximate surface area is 124 Å². The van der Waals surface area contributed by atoms with E-state index >= 15 is 0 Å². The Balaban J connectivity index is 2.03. The van der Waals surface area contributed by atoms with Crippen LogP contribution >= 0.6 is 22.6 Å². The molecule has 1 heterocycles. The Morgan fingerprint density at radius 3 is 3.00 bits per heavy atom. The van der Waals surface area contributed by atoms with E-state index in [1.165, 1.54) is 6.07 Å². The van der Waals surface area contributed by atoms with Gasteiger partial charge in [-0.05, 0) is 40.8 Å². The summed E-state index contributed by atoms with van der Waals surface area (Å²) in [7, 11) is 0. The third-order valence-electron chi connectivity index (χ3n) is 2.55. The lowest BCUT2D eigenvalue weighted by molar-refractivity contribution is 0.0944. The number of rotatable bonds is 4. The van der Waals surface area contributed by atoms with Crippen molar-refractivity contribution >= 4 is 28.5 Å². The first-order valence-corrected chi connectivity index (χ1v) is 6.88. The molecule has 1 aromatic carbocycles. The second kappa shape index (κ2) is 6.05. The van der Waals surface area contributed by atoms with Crippen LogP contribution in [-0.4, -0.2) is 16.0 Å². The molecular weight excluding hydrogens is 359 g/mol. The zero-order valence-electron chi connectivity index (χ0n) is 10.3. The molecule has 0 spiro atoms. The maximum Gasteiger partial charge on any atom is 0.255 e. The molecule has 0 unspecified atom stereocenters. The molecular formula is C13H13IN2O3. The highest BCUT2D eigenvalue weighted by Gasteiger charge is 2.12. The lowest BCUT2D eigenvalue weighted by Crippen LogP contribution is -2.23. The van der Waals surface area contributed by atoms with Gasteiger partial charge in [0.15, 0.2) is 0 Å². The summed E-state index contributed by atoms with van der Waals surface area (Å²) in [5.74, 6) is 0.837. The summed E-state index contributed by atoms with van der Waals surface area (Å²) in [5.41, 5.74) is 0.245. The Kier molecular flexibility index (Phi) is 4.41. The molecule has 0 saturated heterocycles. The molecule has 1 amide bonds. The van der Waals surface area contributed by atoms with E-state index in [4.69, 9.17) is 4.42 Å². The van der Waals surface area contributed by atoms with E-state index in [0.29, 0.717) is 5.89 Å². The minimum Gasteiger partial charge on any atom is -0.507 e. The Morgan fingerprint density at radius 2 is 2.32 bits per heavy atom. The van der Waals surface area contributed by atoms with Gasteiger partial charge in [0.1, 0.15) is 11.5 Å². The summed E-state index contributed by atoms with van der Waals surface area (Å²) in [5, 5.41) is 12.3. The van der Waals surface area contributed by atoms with E-state index in [1.807, 2.05) is 6.92 Å². The number of nitrogens with zero attached hydrogens (tertiary/aromatic N) is 1. The van der Waals surface area contributed by atoms with Crippen molar-refractivity contribution in [1.82, 2.24) is 10.3 Å². The van der Waals surface area contributed by atoms with E-state index in [1.54, 1.807) is 18.3 Å². The molecule has 0 radical (unpaired) electrons. The molecule has 19 heavy (non-hydrogen) atoms. The maximum atomic E-state index is 11.9. The molecule has 2 aromatic rings. The third kappa shape index (κ3) is 3.46. The summed E-state index contributed by atoms with van der Waals surface area (Å²) >= 11 is 2.08. The highest BCUT2D eigenvalue weighted by Crippen LogP contribution is 2.19. The van der Waals surface area contributed by atoms with Gasteiger partial charge in [-0.3, -0.25) is 4.79 Å². The lowest BCUT2D eigenvalue weighted by Gasteiger charge is -2.05. The number of phenolic OH excluding ortho intramolecular Hbond substituents is 1. The minimum atomic E-state index is -0.354. The highest BCUT2D eigenvalue weighted by atomic mass is 127. The van der Waals surface area contributed by atoms with Gasteiger partial charge in [0.05, 0.1) is 18.3 Å². The minimum absolute atomic E-state index is 0.0421. The number of hydrogen-bond acceptors (Lipinski definition) is 4. The molecule has 0 bridgehead atoms. The van der Waals surface area contributed by atoms with Gasteiger partial charge in [-0.1, -0.05) is 6.92 Å². The molecule has 0 aliphatic carbocycles. The molecule has 0 atom stereocenters. The first-order chi connectivity index (χ1) is 9.10. The van der Waals surface area contributed by atoms with E-state index < -0.39 is 0 Å². The van der Waals surface area contributed by atoms with Crippen molar-refractivity contribution in [2.75, 3.05) is 0 Å². The number of halogens is 1. The normalized spacial score (nSPS) is 10.4. The number of hydrogen-bond donors (Lipinski definition) is 2. The average molecular weight is 372 g/mol. The lowest BCUT2D eigenvalue weighted by atomic mass is 10.2. The molecule has 100 valence electrons. The van der Waals surface area contributed by atoms with Gasteiger partial charge in [0.2, 0.25) is 5.89 Å². The fourth-order valence-corrected chi connectivity index (χ4v) is 2.03. The Hall–Kier alpha value is -1.57. The number of benzene rings is 1. The monoisotopic (exact) mass is 372 g/mol. The van der Waals surface area contributed by atoms with Crippen molar-refractivity contribution in [1.29, 1.82) is 0 Å². The number of carbonyl (C=O) groups excluding carboxylic acids is 1. The molecule has 1 aromatic heterocycles. The van der Waals surface area contributed by atoms with Gasteiger partial charge in [-0.2, -0.15) is 0 Å². The summed E-state index contributed by atoms with van der Waals surface area (Å²) < 4.78 is 6.26. The quantitative estimate of drug-likeness (QED) is 0.809. The number of carbonyl (C=O) groups is 1. The van der Waals surface area contributed by atoms with E-state index in [0.717, 1.165) is 15.8 Å². The van der Waals surface area contributed by atoms with Crippen LogP contribution in [0.15, 0.2) is 28.8 Å². The van der Waals surface area contributed by atoms with Gasteiger partial charge in [0.25, 0.3) is 5.91 Å². The molecule has 5 nitrogen and oxygen atoms in total. The van der Waals surface area contributed by atoms with E-state index in [2.05, 4.69) is 32.9 Å². The van der Waals surface area contributed by atoms with Crippen LogP contribution in [0.2, 0.25) is 0 Å². The fraction of sp³-hybridized carbons (Fsp3) is 0.231. The molecule has 6 heteroatoms. The summed E-state index contributed by atoms with van der Waals surface area (Å²) in [6, 6.07) is 4.85. The number of oxazole rings is 1. The third-order valence-corrected chi connectivity index (χ3v) is 3.22. The predicted octanol–water partition coefficient (Wildman–Crippen LogP) is 2.48. The van der Waals surface area contributed by atoms with Crippen LogP contribution in [0.1, 0.15) is 28.9 Å². The predicted molar refractivity (Wildman–Crippen MR) is 77.9 cm³/mol. The van der Waals surface area contributed by atoms with Crippen LogP contribution in [0.4, 0.5) is 0 Å². The largest absolute Gasteiger partial charge is 0.507 e. The van der Waals surface area contributed by atoms with Gasteiger partial charge < -0.3 is 14.8 Å². The molecule has 0 aliphatic heterocycles. The van der Waals surface area contributed by atoms with Crippen LogP contribution in [-0.2, 0) is 13.0 Å². The maximum absolute atomic E-state index is 11.9. The van der Waals surface area contributed by atoms with Gasteiger partial charge in [0, 0.05) is 9.99 Å². The highest BCUT2D eigenvalue weighted by molar-refractivity contribution is 14.1. The van der Waals surface area contributed by atoms with Crippen molar-refractivity contribution in [3.05, 3.63) is 45.2 Å². The zero-order chi connectivity index (χ0) is 13.8. The summed E-state index contributed by atoms with van der Waals surface area (Å²) in [6.07, 6.45) is 2.41.